The Bertz CT molecular complexity index is 858. The summed E-state index contributed by atoms with van der Waals surface area (Å²) in [5.41, 5.74) is 3.48. The van der Waals surface area contributed by atoms with Gasteiger partial charge in [-0.15, -0.1) is 0 Å². The molecule has 6 nitrogen and oxygen atoms in total. The summed E-state index contributed by atoms with van der Waals surface area (Å²) in [5.74, 6) is 0.609. The second-order valence-electron chi connectivity index (χ2n) is 7.50. The van der Waals surface area contributed by atoms with E-state index in [1.54, 1.807) is 6.20 Å². The molecular formula is C22H26N2O4. The highest BCUT2D eigenvalue weighted by atomic mass is 16.5. The first kappa shape index (κ1) is 18.9. The number of rotatable bonds is 7. The van der Waals surface area contributed by atoms with Gasteiger partial charge in [-0.25, -0.2) is 9.78 Å². The number of carboxylic acid groups (broad SMARTS) is 1. The Balaban J connectivity index is 1.68. The molecule has 28 heavy (non-hydrogen) atoms. The monoisotopic (exact) mass is 382 g/mol. The zero-order valence-corrected chi connectivity index (χ0v) is 16.2. The van der Waals surface area contributed by atoms with Crippen LogP contribution in [0.4, 0.5) is 0 Å². The van der Waals surface area contributed by atoms with Gasteiger partial charge < -0.3 is 14.6 Å². The molecule has 1 aromatic heterocycles. The summed E-state index contributed by atoms with van der Waals surface area (Å²) in [7, 11) is 0. The van der Waals surface area contributed by atoms with Crippen molar-refractivity contribution in [2.75, 3.05) is 19.8 Å². The SMILES string of the molecule is CCOc1c(Cc2ncc(C3CC3)nc2C(=O)O)cccc1C1CCOCC1. The Labute approximate surface area is 164 Å². The molecule has 0 bridgehead atoms. The number of carbonyl (C=O) groups is 1. The summed E-state index contributed by atoms with van der Waals surface area (Å²) in [6, 6.07) is 6.13. The van der Waals surface area contributed by atoms with Gasteiger partial charge in [-0.2, -0.15) is 0 Å². The summed E-state index contributed by atoms with van der Waals surface area (Å²) < 4.78 is 11.5. The largest absolute Gasteiger partial charge is 0.493 e. The highest BCUT2D eigenvalue weighted by molar-refractivity contribution is 5.86. The van der Waals surface area contributed by atoms with Crippen molar-refractivity contribution in [1.29, 1.82) is 0 Å². The highest BCUT2D eigenvalue weighted by Gasteiger charge is 2.28. The van der Waals surface area contributed by atoms with Crippen LogP contribution in [-0.2, 0) is 11.2 Å². The minimum absolute atomic E-state index is 0.0586. The zero-order chi connectivity index (χ0) is 19.5. The molecule has 1 saturated heterocycles. The van der Waals surface area contributed by atoms with E-state index in [1.807, 2.05) is 19.1 Å². The maximum atomic E-state index is 11.8. The normalized spacial score (nSPS) is 17.5. The Morgan fingerprint density at radius 1 is 1.21 bits per heavy atom. The topological polar surface area (TPSA) is 81.5 Å². The number of para-hydroxylation sites is 1. The van der Waals surface area contributed by atoms with E-state index in [0.717, 1.165) is 55.9 Å². The van der Waals surface area contributed by atoms with Gasteiger partial charge in [0.2, 0.25) is 0 Å². The first-order valence-corrected chi connectivity index (χ1v) is 10.1. The number of aromatic nitrogens is 2. The second-order valence-corrected chi connectivity index (χ2v) is 7.50. The molecule has 4 rings (SSSR count). The van der Waals surface area contributed by atoms with Gasteiger partial charge in [0, 0.05) is 37.3 Å². The van der Waals surface area contributed by atoms with E-state index in [0.29, 0.717) is 30.6 Å². The van der Waals surface area contributed by atoms with E-state index in [4.69, 9.17) is 9.47 Å². The van der Waals surface area contributed by atoms with Crippen molar-refractivity contribution in [1.82, 2.24) is 9.97 Å². The van der Waals surface area contributed by atoms with Gasteiger partial charge in [-0.05, 0) is 44.1 Å². The van der Waals surface area contributed by atoms with E-state index in [9.17, 15) is 9.90 Å². The van der Waals surface area contributed by atoms with Crippen molar-refractivity contribution in [3.8, 4) is 5.75 Å². The summed E-state index contributed by atoms with van der Waals surface area (Å²) in [4.78, 5) is 20.7. The smallest absolute Gasteiger partial charge is 0.356 e. The minimum atomic E-state index is -1.02. The van der Waals surface area contributed by atoms with Crippen LogP contribution in [0.5, 0.6) is 5.75 Å². The Morgan fingerprint density at radius 2 is 2.00 bits per heavy atom. The van der Waals surface area contributed by atoms with Crippen molar-refractivity contribution < 1.29 is 19.4 Å². The van der Waals surface area contributed by atoms with Gasteiger partial charge in [-0.3, -0.25) is 4.98 Å². The maximum Gasteiger partial charge on any atom is 0.356 e. The van der Waals surface area contributed by atoms with Gasteiger partial charge in [-0.1, -0.05) is 18.2 Å². The fourth-order valence-electron chi connectivity index (χ4n) is 3.88. The van der Waals surface area contributed by atoms with Crippen LogP contribution in [0.25, 0.3) is 0 Å². The maximum absolute atomic E-state index is 11.8. The fourth-order valence-corrected chi connectivity index (χ4v) is 3.88. The molecule has 1 saturated carbocycles. The van der Waals surface area contributed by atoms with Crippen molar-refractivity contribution in [2.24, 2.45) is 0 Å². The Morgan fingerprint density at radius 3 is 2.68 bits per heavy atom. The van der Waals surface area contributed by atoms with Gasteiger partial charge in [0.1, 0.15) is 5.75 Å². The average molecular weight is 382 g/mol. The quantitative estimate of drug-likeness (QED) is 0.781. The van der Waals surface area contributed by atoms with Crippen LogP contribution >= 0.6 is 0 Å². The van der Waals surface area contributed by atoms with Gasteiger partial charge in [0.15, 0.2) is 5.69 Å². The molecule has 148 valence electrons. The first-order chi connectivity index (χ1) is 13.7. The molecule has 0 spiro atoms. The third-order valence-corrected chi connectivity index (χ3v) is 5.50. The van der Waals surface area contributed by atoms with E-state index >= 15 is 0 Å². The van der Waals surface area contributed by atoms with Crippen LogP contribution in [0.2, 0.25) is 0 Å². The third-order valence-electron chi connectivity index (χ3n) is 5.50. The molecule has 0 unspecified atom stereocenters. The summed E-state index contributed by atoms with van der Waals surface area (Å²) in [6.07, 6.45) is 6.21. The number of carboxylic acids is 1. The standard InChI is InChI=1S/C22H26N2O4/c1-2-28-21-16(4-3-5-17(21)14-8-10-27-11-9-14)12-18-20(22(25)26)24-19(13-23-18)15-6-7-15/h3-5,13-15H,2,6-12H2,1H3,(H,25,26). The third kappa shape index (κ3) is 4.02. The molecule has 1 aromatic carbocycles. The number of ether oxygens (including phenoxy) is 2. The summed E-state index contributed by atoms with van der Waals surface area (Å²) in [5, 5.41) is 9.65. The molecule has 0 radical (unpaired) electrons. The van der Waals surface area contributed by atoms with E-state index in [1.165, 1.54) is 5.56 Å². The molecule has 1 aliphatic carbocycles. The molecule has 1 N–H and O–H groups in total. The number of hydrogen-bond acceptors (Lipinski definition) is 5. The van der Waals surface area contributed by atoms with Crippen molar-refractivity contribution in [3.05, 3.63) is 52.6 Å². The first-order valence-electron chi connectivity index (χ1n) is 10.1. The number of aromatic carboxylic acids is 1. The van der Waals surface area contributed by atoms with Crippen LogP contribution in [0.3, 0.4) is 0 Å². The van der Waals surface area contributed by atoms with Crippen LogP contribution < -0.4 is 4.74 Å². The van der Waals surface area contributed by atoms with Crippen molar-refractivity contribution in [2.45, 2.75) is 50.9 Å². The van der Waals surface area contributed by atoms with E-state index in [-0.39, 0.29) is 5.69 Å². The lowest BCUT2D eigenvalue weighted by molar-refractivity contribution is 0.0688. The predicted molar refractivity (Wildman–Crippen MR) is 104 cm³/mol. The molecule has 6 heteroatoms. The van der Waals surface area contributed by atoms with E-state index < -0.39 is 5.97 Å². The molecule has 2 heterocycles. The zero-order valence-electron chi connectivity index (χ0n) is 16.2. The Hall–Kier alpha value is -2.47. The molecule has 2 aliphatic rings. The lowest BCUT2D eigenvalue weighted by Gasteiger charge is -2.25. The number of hydrogen-bond donors (Lipinski definition) is 1. The van der Waals surface area contributed by atoms with Crippen molar-refractivity contribution in [3.63, 3.8) is 0 Å². The van der Waals surface area contributed by atoms with Gasteiger partial charge >= 0.3 is 5.97 Å². The lowest BCUT2D eigenvalue weighted by atomic mass is 9.89. The molecule has 2 aromatic rings. The molecule has 2 fully saturated rings. The van der Waals surface area contributed by atoms with E-state index in [2.05, 4.69) is 16.0 Å². The van der Waals surface area contributed by atoms with Crippen LogP contribution in [0.15, 0.2) is 24.4 Å². The van der Waals surface area contributed by atoms with Gasteiger partial charge in [0.05, 0.1) is 18.0 Å². The molecular weight excluding hydrogens is 356 g/mol. The van der Waals surface area contributed by atoms with Crippen LogP contribution in [0.1, 0.15) is 77.4 Å². The summed E-state index contributed by atoms with van der Waals surface area (Å²) in [6.45, 7) is 4.05. The minimum Gasteiger partial charge on any atom is -0.493 e. The number of benzene rings is 1. The average Bonchev–Trinajstić information content (AvgIpc) is 3.55. The summed E-state index contributed by atoms with van der Waals surface area (Å²) >= 11 is 0. The van der Waals surface area contributed by atoms with Crippen molar-refractivity contribution >= 4 is 5.97 Å². The van der Waals surface area contributed by atoms with Crippen LogP contribution in [0, 0.1) is 0 Å². The molecule has 0 atom stereocenters. The predicted octanol–water partition coefficient (Wildman–Crippen LogP) is 3.94. The second kappa shape index (κ2) is 8.27. The molecule has 1 aliphatic heterocycles. The number of nitrogens with zero attached hydrogens (tertiary/aromatic N) is 2. The van der Waals surface area contributed by atoms with Gasteiger partial charge in [0.25, 0.3) is 0 Å². The van der Waals surface area contributed by atoms with Crippen LogP contribution in [-0.4, -0.2) is 40.9 Å². The Kier molecular flexibility index (Phi) is 5.57. The highest BCUT2D eigenvalue weighted by Crippen LogP contribution is 2.39. The molecule has 0 amide bonds. The lowest BCUT2D eigenvalue weighted by Crippen LogP contribution is -2.16. The fraction of sp³-hybridized carbons (Fsp3) is 0.500.